The molecule has 1 aliphatic rings. The van der Waals surface area contributed by atoms with Crippen molar-refractivity contribution in [1.29, 1.82) is 0 Å². The molecule has 0 amide bonds. The minimum Gasteiger partial charge on any atom is -0.369 e. The maximum atomic E-state index is 12.2. The van der Waals surface area contributed by atoms with E-state index in [1.807, 2.05) is 7.05 Å². The molecule has 0 unspecified atom stereocenters. The first-order valence-electron chi connectivity index (χ1n) is 6.81. The summed E-state index contributed by atoms with van der Waals surface area (Å²) in [7, 11) is 2.00. The number of allylic oxidation sites excluding steroid dienone is 1. The van der Waals surface area contributed by atoms with Gasteiger partial charge < -0.3 is 10.2 Å². The smallest absolute Gasteiger partial charge is 0.283 e. The zero-order valence-corrected chi connectivity index (χ0v) is 13.6. The third-order valence-corrected chi connectivity index (χ3v) is 4.83. The second-order valence-corrected chi connectivity index (χ2v) is 6.21. The number of hydrogen-bond donors (Lipinski definition) is 1. The van der Waals surface area contributed by atoms with Gasteiger partial charge in [0.2, 0.25) is 0 Å². The van der Waals surface area contributed by atoms with Gasteiger partial charge in [0.05, 0.1) is 18.4 Å². The largest absolute Gasteiger partial charge is 0.369 e. The second kappa shape index (κ2) is 6.10. The maximum absolute atomic E-state index is 12.2. The van der Waals surface area contributed by atoms with Crippen LogP contribution >= 0.6 is 15.9 Å². The molecule has 110 valence electrons. The van der Waals surface area contributed by atoms with Gasteiger partial charge >= 0.3 is 0 Å². The summed E-state index contributed by atoms with van der Waals surface area (Å²) in [5, 5.41) is 7.58. The van der Waals surface area contributed by atoms with Crippen LogP contribution in [0.4, 0.5) is 5.69 Å². The quantitative estimate of drug-likeness (QED) is 0.848. The van der Waals surface area contributed by atoms with Gasteiger partial charge in [-0.3, -0.25) is 4.79 Å². The van der Waals surface area contributed by atoms with Gasteiger partial charge in [-0.1, -0.05) is 6.08 Å². The van der Waals surface area contributed by atoms with Crippen molar-refractivity contribution >= 4 is 21.6 Å². The highest BCUT2D eigenvalue weighted by atomic mass is 79.9. The van der Waals surface area contributed by atoms with E-state index in [9.17, 15) is 4.79 Å². The second-order valence-electron chi connectivity index (χ2n) is 5.42. The Labute approximate surface area is 127 Å². The highest BCUT2D eigenvalue weighted by molar-refractivity contribution is 9.10. The molecule has 20 heavy (non-hydrogen) atoms. The zero-order chi connectivity index (χ0) is 14.8. The van der Waals surface area contributed by atoms with Crippen molar-refractivity contribution in [3.05, 3.63) is 33.7 Å². The van der Waals surface area contributed by atoms with Crippen LogP contribution in [0.15, 0.2) is 28.1 Å². The van der Waals surface area contributed by atoms with Crippen molar-refractivity contribution in [3.8, 4) is 0 Å². The Balaban J connectivity index is 2.21. The van der Waals surface area contributed by atoms with E-state index in [0.717, 1.165) is 31.6 Å². The summed E-state index contributed by atoms with van der Waals surface area (Å²) in [4.78, 5) is 14.4. The Morgan fingerprint density at radius 2 is 2.20 bits per heavy atom. The first-order valence-corrected chi connectivity index (χ1v) is 7.60. The number of halogens is 1. The van der Waals surface area contributed by atoms with Gasteiger partial charge in [0, 0.05) is 18.6 Å². The average Bonchev–Trinajstić information content (AvgIpc) is 2.46. The van der Waals surface area contributed by atoms with E-state index in [1.54, 1.807) is 12.3 Å². The number of nitrogens with one attached hydrogen (secondary N) is 1. The maximum Gasteiger partial charge on any atom is 0.283 e. The fourth-order valence-electron chi connectivity index (χ4n) is 2.42. The summed E-state index contributed by atoms with van der Waals surface area (Å²) in [6.45, 7) is 8.13. The standard InChI is InChI=1S/C14H21BrN4O/c1-4-7-19-13(20)12(15)11(10-17-19)18-8-5-14(2,16-3)6-9-18/h4,10,16H,1,5-9H2,2-3H3. The van der Waals surface area contributed by atoms with E-state index in [4.69, 9.17) is 0 Å². The van der Waals surface area contributed by atoms with Crippen molar-refractivity contribution in [1.82, 2.24) is 15.1 Å². The summed E-state index contributed by atoms with van der Waals surface area (Å²) in [6.07, 6.45) is 5.52. The molecule has 5 nitrogen and oxygen atoms in total. The SMILES string of the molecule is C=CCn1ncc(N2CCC(C)(NC)CC2)c(Br)c1=O. The summed E-state index contributed by atoms with van der Waals surface area (Å²) in [6, 6.07) is 0. The Morgan fingerprint density at radius 3 is 2.75 bits per heavy atom. The Bertz CT molecular complexity index is 547. The van der Waals surface area contributed by atoms with Crippen molar-refractivity contribution in [2.24, 2.45) is 0 Å². The third-order valence-electron chi connectivity index (χ3n) is 4.08. The summed E-state index contributed by atoms with van der Waals surface area (Å²) in [5.41, 5.74) is 0.964. The molecule has 0 atom stereocenters. The molecule has 2 heterocycles. The van der Waals surface area contributed by atoms with Gasteiger partial charge in [-0.15, -0.1) is 6.58 Å². The molecule has 1 aromatic heterocycles. The van der Waals surface area contributed by atoms with Crippen molar-refractivity contribution < 1.29 is 0 Å². The molecule has 0 spiro atoms. The number of rotatable bonds is 4. The molecule has 1 N–H and O–H groups in total. The van der Waals surface area contributed by atoms with Gasteiger partial charge in [-0.2, -0.15) is 5.10 Å². The van der Waals surface area contributed by atoms with Crippen LogP contribution in [0, 0.1) is 0 Å². The number of anilines is 1. The fraction of sp³-hybridized carbons (Fsp3) is 0.571. The molecule has 2 rings (SSSR count). The molecule has 1 saturated heterocycles. The molecule has 0 saturated carbocycles. The molecule has 1 aliphatic heterocycles. The molecular formula is C14H21BrN4O. The summed E-state index contributed by atoms with van der Waals surface area (Å²) >= 11 is 3.42. The zero-order valence-electron chi connectivity index (χ0n) is 12.0. The van der Waals surface area contributed by atoms with Crippen LogP contribution in [0.2, 0.25) is 0 Å². The predicted octanol–water partition coefficient (Wildman–Crippen LogP) is 1.77. The Kier molecular flexibility index (Phi) is 4.65. The van der Waals surface area contributed by atoms with E-state index in [2.05, 4.69) is 44.7 Å². The third kappa shape index (κ3) is 2.96. The Morgan fingerprint density at radius 1 is 1.55 bits per heavy atom. The first-order chi connectivity index (χ1) is 9.50. The summed E-state index contributed by atoms with van der Waals surface area (Å²) in [5.74, 6) is 0. The molecule has 0 aromatic carbocycles. The lowest BCUT2D eigenvalue weighted by Crippen LogP contribution is -2.50. The van der Waals surface area contributed by atoms with E-state index in [0.29, 0.717) is 11.0 Å². The highest BCUT2D eigenvalue weighted by Crippen LogP contribution is 2.28. The van der Waals surface area contributed by atoms with Crippen LogP contribution in [0.25, 0.3) is 0 Å². The van der Waals surface area contributed by atoms with Gasteiger partial charge in [0.25, 0.3) is 5.56 Å². The van der Waals surface area contributed by atoms with E-state index in [-0.39, 0.29) is 11.1 Å². The van der Waals surface area contributed by atoms with E-state index >= 15 is 0 Å². The first kappa shape index (κ1) is 15.3. The van der Waals surface area contributed by atoms with Crippen molar-refractivity contribution in [3.63, 3.8) is 0 Å². The van der Waals surface area contributed by atoms with Crippen LogP contribution in [0.5, 0.6) is 0 Å². The molecule has 6 heteroatoms. The number of hydrogen-bond acceptors (Lipinski definition) is 4. The minimum atomic E-state index is -0.107. The Hall–Kier alpha value is -1.14. The van der Waals surface area contributed by atoms with Crippen LogP contribution in [-0.2, 0) is 6.54 Å². The molecule has 0 aliphatic carbocycles. The number of piperidine rings is 1. The lowest BCUT2D eigenvalue weighted by atomic mass is 9.90. The lowest BCUT2D eigenvalue weighted by Gasteiger charge is -2.40. The fourth-order valence-corrected chi connectivity index (χ4v) is 2.98. The topological polar surface area (TPSA) is 50.2 Å². The van der Waals surface area contributed by atoms with Gasteiger partial charge in [-0.25, -0.2) is 4.68 Å². The average molecular weight is 341 g/mol. The minimum absolute atomic E-state index is 0.107. The normalized spacial score (nSPS) is 18.1. The lowest BCUT2D eigenvalue weighted by molar-refractivity contribution is 0.305. The molecule has 0 bridgehead atoms. The summed E-state index contributed by atoms with van der Waals surface area (Å²) < 4.78 is 1.99. The number of aromatic nitrogens is 2. The number of nitrogens with zero attached hydrogens (tertiary/aromatic N) is 3. The monoisotopic (exact) mass is 340 g/mol. The molecule has 0 radical (unpaired) electrons. The highest BCUT2D eigenvalue weighted by Gasteiger charge is 2.29. The van der Waals surface area contributed by atoms with Gasteiger partial charge in [0.1, 0.15) is 4.47 Å². The van der Waals surface area contributed by atoms with Crippen molar-refractivity contribution in [2.45, 2.75) is 31.8 Å². The van der Waals surface area contributed by atoms with Gasteiger partial charge in [-0.05, 0) is 42.7 Å². The predicted molar refractivity (Wildman–Crippen MR) is 85.3 cm³/mol. The van der Waals surface area contributed by atoms with Crippen LogP contribution in [0.3, 0.4) is 0 Å². The van der Waals surface area contributed by atoms with Gasteiger partial charge in [0.15, 0.2) is 0 Å². The van der Waals surface area contributed by atoms with E-state index < -0.39 is 0 Å². The van der Waals surface area contributed by atoms with Crippen LogP contribution in [0.1, 0.15) is 19.8 Å². The molecule has 1 aromatic rings. The van der Waals surface area contributed by atoms with Crippen molar-refractivity contribution in [2.75, 3.05) is 25.0 Å². The van der Waals surface area contributed by atoms with Crippen LogP contribution < -0.4 is 15.8 Å². The van der Waals surface area contributed by atoms with Crippen LogP contribution in [-0.4, -0.2) is 35.5 Å². The molecule has 1 fully saturated rings. The van der Waals surface area contributed by atoms with E-state index in [1.165, 1.54) is 4.68 Å². The molecular weight excluding hydrogens is 320 g/mol.